The second kappa shape index (κ2) is 11.6. The summed E-state index contributed by atoms with van der Waals surface area (Å²) in [6.07, 6.45) is -4.45. The molecule has 9 nitrogen and oxygen atoms in total. The van der Waals surface area contributed by atoms with Crippen LogP contribution in [-0.2, 0) is 12.7 Å². The molecule has 2 aromatic heterocycles. The number of carbonyl (C=O) groups excluding carboxylic acids is 1. The van der Waals surface area contributed by atoms with E-state index >= 15 is 0 Å². The summed E-state index contributed by atoms with van der Waals surface area (Å²) in [4.78, 5) is 21.9. The van der Waals surface area contributed by atoms with Gasteiger partial charge in [-0.1, -0.05) is 65.9 Å². The summed E-state index contributed by atoms with van der Waals surface area (Å²) in [5.74, 6) is 0.967. The summed E-state index contributed by atoms with van der Waals surface area (Å²) in [5, 5.41) is 17.2. The first-order valence-electron chi connectivity index (χ1n) is 13.1. The third-order valence-corrected chi connectivity index (χ3v) is 6.45. The van der Waals surface area contributed by atoms with Crippen LogP contribution in [-0.4, -0.2) is 31.0 Å². The molecular formula is C31H23F3N8O. The smallest absolute Gasteiger partial charge is 0.338 e. The zero-order chi connectivity index (χ0) is 29.8. The number of fused-ring (bicyclic) bond motifs is 1. The number of benzene rings is 4. The summed E-state index contributed by atoms with van der Waals surface area (Å²) in [5.41, 5.74) is 3.52. The number of carbonyl (C=O) groups is 1. The van der Waals surface area contributed by atoms with Crippen LogP contribution in [0.1, 0.15) is 11.1 Å². The van der Waals surface area contributed by atoms with E-state index in [1.165, 1.54) is 12.1 Å². The van der Waals surface area contributed by atoms with Gasteiger partial charge in [0.25, 0.3) is 0 Å². The normalized spacial score (nSPS) is 11.3. The van der Waals surface area contributed by atoms with E-state index in [0.717, 1.165) is 23.3 Å². The number of nitrogens with one attached hydrogen (secondary N) is 3. The fourth-order valence-electron chi connectivity index (χ4n) is 4.33. The quantitative estimate of drug-likeness (QED) is 0.182. The molecule has 0 spiro atoms. The van der Waals surface area contributed by atoms with E-state index in [1.54, 1.807) is 28.9 Å². The summed E-state index contributed by atoms with van der Waals surface area (Å²) in [6.45, 7) is 0.483. The molecule has 3 N–H and O–H groups in total. The maximum absolute atomic E-state index is 12.8. The van der Waals surface area contributed by atoms with Gasteiger partial charge in [0.15, 0.2) is 22.8 Å². The minimum atomic E-state index is -4.45. The Hall–Kier alpha value is -5.78. The Labute approximate surface area is 243 Å². The molecule has 0 aliphatic rings. The highest BCUT2D eigenvalue weighted by Gasteiger charge is 2.30. The van der Waals surface area contributed by atoms with E-state index < -0.39 is 17.8 Å². The SMILES string of the molecule is O=C(Nc1ccc(Nc2nc(-c3ccccc3)nc3c2nnn3Cc2ccccc2)cc1)Nc1ccc(C(F)(F)F)cc1. The maximum Gasteiger partial charge on any atom is 0.416 e. The van der Waals surface area contributed by atoms with E-state index in [-0.39, 0.29) is 5.69 Å². The van der Waals surface area contributed by atoms with Crippen LogP contribution in [0.15, 0.2) is 109 Å². The molecule has 0 radical (unpaired) electrons. The van der Waals surface area contributed by atoms with Gasteiger partial charge in [0.1, 0.15) is 0 Å². The molecule has 0 fully saturated rings. The Morgan fingerprint density at radius 2 is 1.30 bits per heavy atom. The largest absolute Gasteiger partial charge is 0.416 e. The van der Waals surface area contributed by atoms with Crippen molar-refractivity contribution in [3.63, 3.8) is 0 Å². The van der Waals surface area contributed by atoms with Gasteiger partial charge in [-0.05, 0) is 54.1 Å². The van der Waals surface area contributed by atoms with Gasteiger partial charge in [-0.15, -0.1) is 5.10 Å². The van der Waals surface area contributed by atoms with Crippen molar-refractivity contribution in [3.8, 4) is 11.4 Å². The van der Waals surface area contributed by atoms with Crippen LogP contribution in [0.5, 0.6) is 0 Å². The predicted molar refractivity (Wildman–Crippen MR) is 158 cm³/mol. The van der Waals surface area contributed by atoms with Gasteiger partial charge in [-0.3, -0.25) is 0 Å². The van der Waals surface area contributed by atoms with Gasteiger partial charge < -0.3 is 16.0 Å². The van der Waals surface area contributed by atoms with Crippen LogP contribution in [0.2, 0.25) is 0 Å². The van der Waals surface area contributed by atoms with Crippen molar-refractivity contribution in [2.45, 2.75) is 12.7 Å². The third-order valence-electron chi connectivity index (χ3n) is 6.45. The average Bonchev–Trinajstić information content (AvgIpc) is 3.41. The first-order valence-corrected chi connectivity index (χ1v) is 13.1. The van der Waals surface area contributed by atoms with Gasteiger partial charge in [0.2, 0.25) is 0 Å². The van der Waals surface area contributed by atoms with Gasteiger partial charge in [0.05, 0.1) is 12.1 Å². The van der Waals surface area contributed by atoms with E-state index in [0.29, 0.717) is 40.7 Å². The molecule has 0 saturated carbocycles. The third kappa shape index (κ3) is 6.43. The molecule has 0 bridgehead atoms. The molecule has 2 amide bonds. The zero-order valence-electron chi connectivity index (χ0n) is 22.4. The van der Waals surface area contributed by atoms with Crippen molar-refractivity contribution < 1.29 is 18.0 Å². The second-order valence-electron chi connectivity index (χ2n) is 9.52. The molecule has 6 aromatic rings. The second-order valence-corrected chi connectivity index (χ2v) is 9.52. The van der Waals surface area contributed by atoms with E-state index in [4.69, 9.17) is 9.97 Å². The molecule has 0 aliphatic heterocycles. The Morgan fingerprint density at radius 1 is 0.721 bits per heavy atom. The topological polar surface area (TPSA) is 110 Å². The van der Waals surface area contributed by atoms with Gasteiger partial charge in [-0.2, -0.15) is 13.2 Å². The van der Waals surface area contributed by atoms with Gasteiger partial charge in [0, 0.05) is 22.6 Å². The monoisotopic (exact) mass is 580 g/mol. The highest BCUT2D eigenvalue weighted by atomic mass is 19.4. The van der Waals surface area contributed by atoms with Crippen molar-refractivity contribution in [1.29, 1.82) is 0 Å². The minimum Gasteiger partial charge on any atom is -0.338 e. The zero-order valence-corrected chi connectivity index (χ0v) is 22.4. The summed E-state index contributed by atoms with van der Waals surface area (Å²) in [6, 6.07) is 29.9. The number of urea groups is 1. The van der Waals surface area contributed by atoms with E-state index in [2.05, 4.69) is 26.3 Å². The molecule has 43 heavy (non-hydrogen) atoms. The molecule has 2 heterocycles. The lowest BCUT2D eigenvalue weighted by atomic mass is 10.2. The molecule has 214 valence electrons. The first-order chi connectivity index (χ1) is 20.8. The predicted octanol–water partition coefficient (Wildman–Crippen LogP) is 7.34. The number of rotatable bonds is 7. The lowest BCUT2D eigenvalue weighted by Crippen LogP contribution is -2.19. The number of amides is 2. The van der Waals surface area contributed by atoms with Crippen molar-refractivity contribution in [3.05, 3.63) is 120 Å². The van der Waals surface area contributed by atoms with Crippen LogP contribution in [0.4, 0.5) is 40.8 Å². The number of alkyl halides is 3. The van der Waals surface area contributed by atoms with Crippen molar-refractivity contribution in [1.82, 2.24) is 25.0 Å². The van der Waals surface area contributed by atoms with Crippen LogP contribution >= 0.6 is 0 Å². The molecule has 0 atom stereocenters. The average molecular weight is 581 g/mol. The van der Waals surface area contributed by atoms with Crippen LogP contribution in [0.25, 0.3) is 22.6 Å². The van der Waals surface area contributed by atoms with Gasteiger partial charge >= 0.3 is 12.2 Å². The molecule has 12 heteroatoms. The molecule has 0 unspecified atom stereocenters. The highest BCUT2D eigenvalue weighted by molar-refractivity contribution is 6.00. The highest BCUT2D eigenvalue weighted by Crippen LogP contribution is 2.30. The number of nitrogens with zero attached hydrogens (tertiary/aromatic N) is 5. The minimum absolute atomic E-state index is 0.228. The lowest BCUT2D eigenvalue weighted by Gasteiger charge is -2.11. The lowest BCUT2D eigenvalue weighted by molar-refractivity contribution is -0.137. The number of aromatic nitrogens is 5. The summed E-state index contributed by atoms with van der Waals surface area (Å²) in [7, 11) is 0. The number of anilines is 4. The Kier molecular flexibility index (Phi) is 7.39. The molecule has 4 aromatic carbocycles. The fraction of sp³-hybridized carbons (Fsp3) is 0.0645. The molecule has 0 aliphatic carbocycles. The van der Waals surface area contributed by atoms with Gasteiger partial charge in [-0.25, -0.2) is 19.4 Å². The standard InChI is InChI=1S/C31H23F3N8O/c32-31(33,34)22-11-13-24(14-12-22)36-30(43)37-25-17-15-23(16-18-25)35-28-26-29(39-27(38-28)21-9-5-2-6-10-21)42(41-40-26)19-20-7-3-1-4-8-20/h1-18H,19H2,(H,35,38,39)(H2,36,37,43). The summed E-state index contributed by atoms with van der Waals surface area (Å²) < 4.78 is 40.1. The fourth-order valence-corrected chi connectivity index (χ4v) is 4.33. The molecule has 0 saturated heterocycles. The van der Waals surface area contributed by atoms with Crippen molar-refractivity contribution >= 4 is 40.1 Å². The van der Waals surface area contributed by atoms with E-state index in [1.807, 2.05) is 60.7 Å². The van der Waals surface area contributed by atoms with Crippen LogP contribution in [0.3, 0.4) is 0 Å². The Bertz CT molecular complexity index is 1860. The van der Waals surface area contributed by atoms with Crippen molar-refractivity contribution in [2.24, 2.45) is 0 Å². The van der Waals surface area contributed by atoms with Crippen molar-refractivity contribution in [2.75, 3.05) is 16.0 Å². The number of hydrogen-bond acceptors (Lipinski definition) is 6. The molecule has 6 rings (SSSR count). The maximum atomic E-state index is 12.8. The van der Waals surface area contributed by atoms with E-state index in [9.17, 15) is 18.0 Å². The molecular weight excluding hydrogens is 557 g/mol. The van der Waals surface area contributed by atoms with Crippen LogP contribution < -0.4 is 16.0 Å². The Morgan fingerprint density at radius 3 is 1.93 bits per heavy atom. The summed E-state index contributed by atoms with van der Waals surface area (Å²) >= 11 is 0. The number of halogens is 3. The number of hydrogen-bond donors (Lipinski definition) is 3. The Balaban J connectivity index is 1.21. The first kappa shape index (κ1) is 27.4. The van der Waals surface area contributed by atoms with Crippen LogP contribution in [0, 0.1) is 0 Å².